The number of likely N-dealkylation sites (tertiary alicyclic amines) is 1. The molecule has 0 saturated carbocycles. The largest absolute Gasteiger partial charge is 0.444 e. The summed E-state index contributed by atoms with van der Waals surface area (Å²) in [7, 11) is 0. The van der Waals surface area contributed by atoms with E-state index in [9.17, 15) is 49.5 Å². The van der Waals surface area contributed by atoms with Gasteiger partial charge < -0.3 is 19.9 Å². The topological polar surface area (TPSA) is 88.7 Å². The Morgan fingerprint density at radius 1 is 0.522 bits per heavy atom. The van der Waals surface area contributed by atoms with Gasteiger partial charge >= 0.3 is 6.09 Å². The lowest BCUT2D eigenvalue weighted by Crippen LogP contribution is -2.58. The number of ether oxygens (including phenoxy) is 1. The molecule has 4 heterocycles. The second-order valence-corrected chi connectivity index (χ2v) is 18.9. The van der Waals surface area contributed by atoms with E-state index >= 15 is 0 Å². The van der Waals surface area contributed by atoms with Gasteiger partial charge in [-0.1, -0.05) is 30.7 Å². The van der Waals surface area contributed by atoms with Gasteiger partial charge in [-0.25, -0.2) is 39.9 Å². The monoisotopic (exact) mass is 970 g/mol. The van der Waals surface area contributed by atoms with Crippen molar-refractivity contribution in [1.82, 2.24) is 29.8 Å². The Labute approximate surface area is 397 Å². The third-order valence-electron chi connectivity index (χ3n) is 13.0. The highest BCUT2D eigenvalue weighted by atomic mass is 19.2. The van der Waals surface area contributed by atoms with Gasteiger partial charge in [0.1, 0.15) is 58.2 Å². The maximum atomic E-state index is 14.9. The van der Waals surface area contributed by atoms with Crippen molar-refractivity contribution in [1.29, 1.82) is 0 Å². The first-order valence-electron chi connectivity index (χ1n) is 23.5. The van der Waals surface area contributed by atoms with Crippen molar-refractivity contribution >= 4 is 17.9 Å². The van der Waals surface area contributed by atoms with Gasteiger partial charge in [0.25, 0.3) is 0 Å². The Morgan fingerprint density at radius 2 is 0.913 bits per heavy atom. The Kier molecular flexibility index (Phi) is 16.7. The average molecular weight is 971 g/mol. The molecule has 0 radical (unpaired) electrons. The summed E-state index contributed by atoms with van der Waals surface area (Å²) in [5.74, 6) is -6.38. The van der Waals surface area contributed by atoms with Crippen molar-refractivity contribution in [2.45, 2.75) is 89.1 Å². The van der Waals surface area contributed by atoms with E-state index in [1.807, 2.05) is 4.90 Å². The molecule has 8 rings (SSSR count). The Balaban J connectivity index is 0.000000208. The summed E-state index contributed by atoms with van der Waals surface area (Å²) < 4.78 is 119. The molecule has 18 heteroatoms. The maximum absolute atomic E-state index is 14.9. The van der Waals surface area contributed by atoms with Crippen LogP contribution in [0.3, 0.4) is 0 Å². The number of carbonyl (C=O) groups excluding carboxylic acids is 3. The fourth-order valence-corrected chi connectivity index (χ4v) is 9.64. The first kappa shape index (κ1) is 51.3. The van der Waals surface area contributed by atoms with Crippen LogP contribution in [-0.2, 0) is 14.3 Å². The average Bonchev–Trinajstić information content (AvgIpc) is 3.31. The molecule has 0 unspecified atom stereocenters. The molecule has 1 N–H and O–H groups in total. The van der Waals surface area contributed by atoms with E-state index in [4.69, 9.17) is 4.74 Å². The summed E-state index contributed by atoms with van der Waals surface area (Å²) in [6, 6.07) is 9.94. The van der Waals surface area contributed by atoms with Crippen molar-refractivity contribution in [3.05, 3.63) is 142 Å². The van der Waals surface area contributed by atoms with Crippen LogP contribution in [0.25, 0.3) is 0 Å². The Hall–Kier alpha value is -5.59. The zero-order chi connectivity index (χ0) is 49.6. The summed E-state index contributed by atoms with van der Waals surface area (Å²) in [4.78, 5) is 47.6. The van der Waals surface area contributed by atoms with E-state index in [2.05, 4.69) is 5.32 Å². The molecule has 10 nitrogen and oxygen atoms in total. The number of nitrogens with one attached hydrogen (secondary N) is 1. The summed E-state index contributed by atoms with van der Waals surface area (Å²) in [5, 5.41) is 3.25. The van der Waals surface area contributed by atoms with Crippen LogP contribution in [0.1, 0.15) is 93.6 Å². The van der Waals surface area contributed by atoms with Crippen LogP contribution < -0.4 is 5.32 Å². The van der Waals surface area contributed by atoms with Crippen molar-refractivity contribution in [3.8, 4) is 0 Å². The highest BCUT2D eigenvalue weighted by molar-refractivity contribution is 5.86. The lowest BCUT2D eigenvalue weighted by molar-refractivity contribution is -0.140. The van der Waals surface area contributed by atoms with E-state index < -0.39 is 76.4 Å². The van der Waals surface area contributed by atoms with Gasteiger partial charge in [0, 0.05) is 105 Å². The molecule has 4 aromatic rings. The molecule has 4 aliphatic heterocycles. The van der Waals surface area contributed by atoms with Crippen molar-refractivity contribution in [3.63, 3.8) is 0 Å². The van der Waals surface area contributed by atoms with Gasteiger partial charge in [-0.3, -0.25) is 24.3 Å². The molecule has 4 aliphatic rings. The number of nitrogens with zero attached hydrogens (tertiary/aromatic N) is 5. The van der Waals surface area contributed by atoms with E-state index in [1.54, 1.807) is 35.5 Å². The number of piperazine rings is 2. The Bertz CT molecular complexity index is 2350. The van der Waals surface area contributed by atoms with Gasteiger partial charge in [-0.05, 0) is 83.7 Å². The van der Waals surface area contributed by atoms with Crippen LogP contribution >= 0.6 is 0 Å². The first-order valence-corrected chi connectivity index (χ1v) is 23.5. The summed E-state index contributed by atoms with van der Waals surface area (Å²) in [6.07, 6.45) is 4.49. The third-order valence-corrected chi connectivity index (χ3v) is 13.0. The minimum Gasteiger partial charge on any atom is -0.444 e. The minimum atomic E-state index is -0.943. The van der Waals surface area contributed by atoms with E-state index in [0.717, 1.165) is 87.2 Å². The van der Waals surface area contributed by atoms with Crippen LogP contribution in [-0.4, -0.2) is 126 Å². The number of benzene rings is 4. The van der Waals surface area contributed by atoms with Crippen LogP contribution in [0.15, 0.2) is 72.8 Å². The molecule has 0 aromatic heterocycles. The second-order valence-electron chi connectivity index (χ2n) is 18.9. The van der Waals surface area contributed by atoms with Crippen LogP contribution in [0.2, 0.25) is 0 Å². The molecule has 0 bridgehead atoms. The number of piperidine rings is 2. The number of hydrogen-bond donors (Lipinski definition) is 1. The highest BCUT2D eigenvalue weighted by Gasteiger charge is 2.40. The van der Waals surface area contributed by atoms with Crippen molar-refractivity contribution in [2.75, 3.05) is 65.4 Å². The lowest BCUT2D eigenvalue weighted by Gasteiger charge is -2.43. The summed E-state index contributed by atoms with van der Waals surface area (Å²) in [6.45, 7) is 9.24. The molecule has 0 spiro atoms. The first-order chi connectivity index (χ1) is 32.9. The predicted molar refractivity (Wildman–Crippen MR) is 242 cm³/mol. The molecular weight excluding hydrogens is 913 g/mol. The number of halogens is 8. The third kappa shape index (κ3) is 12.6. The summed E-state index contributed by atoms with van der Waals surface area (Å²) in [5.41, 5.74) is -0.352. The van der Waals surface area contributed by atoms with Crippen LogP contribution in [0.4, 0.5) is 39.9 Å². The van der Waals surface area contributed by atoms with Gasteiger partial charge in [-0.2, -0.15) is 0 Å². The number of rotatable bonds is 8. The molecular formula is C51H58F8N6O4. The zero-order valence-corrected chi connectivity index (χ0v) is 38.9. The van der Waals surface area contributed by atoms with Gasteiger partial charge in [0.15, 0.2) is 0 Å². The number of amides is 3. The molecule has 372 valence electrons. The van der Waals surface area contributed by atoms with Gasteiger partial charge in [0.05, 0.1) is 18.1 Å². The Morgan fingerprint density at radius 3 is 1.28 bits per heavy atom. The molecule has 3 amide bonds. The van der Waals surface area contributed by atoms with Crippen molar-refractivity contribution in [2.24, 2.45) is 0 Å². The smallest absolute Gasteiger partial charge is 0.410 e. The van der Waals surface area contributed by atoms with E-state index in [-0.39, 0.29) is 66.3 Å². The predicted octanol–water partition coefficient (Wildman–Crippen LogP) is 8.88. The minimum absolute atomic E-state index is 0.0526. The SMILES string of the molecule is CC(C)(C)OC(=O)N1CCCC[C@H]1C(=O)N1CCN(C(c2ccc(F)cc2F)c2ccc(F)cc2F)CC1.O=C([C@@H]1CCCCN1)N1CCN(C(c2ccc(F)cc2F)c2ccc(F)cc2F)CC1. The van der Waals surface area contributed by atoms with E-state index in [0.29, 0.717) is 39.1 Å². The fourth-order valence-electron chi connectivity index (χ4n) is 9.64. The fraction of sp³-hybridized carbons (Fsp3) is 0.471. The molecule has 2 atom stereocenters. The molecule has 4 saturated heterocycles. The zero-order valence-electron chi connectivity index (χ0n) is 38.9. The molecule has 4 aromatic carbocycles. The van der Waals surface area contributed by atoms with Crippen LogP contribution in [0.5, 0.6) is 0 Å². The van der Waals surface area contributed by atoms with E-state index in [1.165, 1.54) is 29.2 Å². The standard InChI is InChI=1S/C28H33F4N3O3.C23H25F4N3O/c1-28(2,3)38-27(37)35-11-5-4-6-24(35)26(36)34-14-12-33(13-15-34)25(20-9-7-18(29)16-22(20)31)21-10-8-19(30)17-23(21)32;24-15-4-6-17(19(26)13-15)22(18-7-5-16(25)14-20(18)27)29-9-11-30(12-10-29)23(31)21-3-1-2-8-28-21/h7-10,16-17,24-25H,4-6,11-15H2,1-3H3;4-7,13-14,21-22,28H,1-3,8-12H2/t24-;21-/m00/s1. The van der Waals surface area contributed by atoms with Gasteiger partial charge in [-0.15, -0.1) is 0 Å². The van der Waals surface area contributed by atoms with Gasteiger partial charge in [0.2, 0.25) is 11.8 Å². The molecule has 0 aliphatic carbocycles. The second kappa shape index (κ2) is 22.4. The van der Waals surface area contributed by atoms with Crippen molar-refractivity contribution < 1.29 is 54.2 Å². The molecule has 69 heavy (non-hydrogen) atoms. The normalized spacial score (nSPS) is 19.6. The lowest BCUT2D eigenvalue weighted by atomic mass is 9.95. The van der Waals surface area contributed by atoms with Crippen LogP contribution in [0, 0.1) is 46.5 Å². The quantitative estimate of drug-likeness (QED) is 0.177. The maximum Gasteiger partial charge on any atom is 0.410 e. The molecule has 4 fully saturated rings. The highest BCUT2D eigenvalue weighted by Crippen LogP contribution is 2.36. The summed E-state index contributed by atoms with van der Waals surface area (Å²) >= 11 is 0. The number of carbonyl (C=O) groups is 3. The number of hydrogen-bond acceptors (Lipinski definition) is 7.